The first-order chi connectivity index (χ1) is 56.0. The van der Waals surface area contributed by atoms with Crippen molar-refractivity contribution in [2.75, 3.05) is 106 Å². The number of halogens is 1. The summed E-state index contributed by atoms with van der Waals surface area (Å²) in [4.78, 5) is 72.0. The number of benzene rings is 1. The summed E-state index contributed by atoms with van der Waals surface area (Å²) in [7, 11) is 1.32. The number of esters is 5. The molecule has 0 spiro atoms. The monoisotopic (exact) mass is 1860 g/mol. The van der Waals surface area contributed by atoms with Gasteiger partial charge in [-0.2, -0.15) is 0 Å². The zero-order chi connectivity index (χ0) is 92.2. The molecule has 29 heteroatoms. The summed E-state index contributed by atoms with van der Waals surface area (Å²) < 4.78 is 81.3. The van der Waals surface area contributed by atoms with E-state index < -0.39 is 39.0 Å². The molecule has 10 unspecified atom stereocenters. The minimum atomic E-state index is -1.69. The maximum absolute atomic E-state index is 12.4. The number of methoxy groups -OCH3 is 3. The average molecular weight is 1860 g/mol. The van der Waals surface area contributed by atoms with E-state index in [1.807, 2.05) is 128 Å². The number of ether oxygens (including phenoxy) is 12. The van der Waals surface area contributed by atoms with Crippen LogP contribution in [0.2, 0.25) is 36.3 Å². The number of hydrogen-bond donors (Lipinski definition) is 2. The molecule has 5 aliphatic carbocycles. The van der Waals surface area contributed by atoms with Crippen molar-refractivity contribution in [2.45, 2.75) is 351 Å². The van der Waals surface area contributed by atoms with Gasteiger partial charge in [-0.05, 0) is 303 Å². The fraction of sp³-hybridized carbons (Fsp3) is 0.840. The summed E-state index contributed by atoms with van der Waals surface area (Å²) >= 11 is 2.99. The third-order valence-corrected chi connectivity index (χ3v) is 31.9. The Labute approximate surface area is 775 Å². The van der Waals surface area contributed by atoms with E-state index in [1.165, 1.54) is 70.5 Å². The smallest absolute Gasteiger partial charge is 0.870 e. The van der Waals surface area contributed by atoms with Crippen molar-refractivity contribution in [1.29, 1.82) is 0 Å². The standard InChI is InChI=1S/C22H44O4Si.C20H40O4Si.C16H30O5.C12H11NO2.C9H18O3.C9H16O3.C6H11BrO2.Na.H2O/c1-20(2,3)26-19(23)22(7,8)24-15-17-12-11-13-18(14-17)16-25-27(9,10)21(4,5)6;1-19(2,3)24-18(21)15-22-13-16-10-9-11-17(12-16)14-23-25(7,8)20(4,5)6;1-16(2,3)21-15(17)11-19-9-13-6-5-7-14(8-13)10-20-12-18-4;1-8-3-5-10(6-4-8)12-13-11(7-14)9(2)15-12;1-11-7-12-6-8-3-2-4-9(10)5-8;1-12-9(11)8-4-2-3-7(5-8)6-10;1-6(2,3)9-5(8)4-7;;/h17-18H,11-16H2,1-10H3;16-17H,9-15H2,1-8H3;13-14H,5-12H2,1-4H3;3-7H,1-2H3;8-10H,2-7H2,1H3;7-8,10H,2-6H2,1H3;4H2,1-3H3;;1H2/q;;;;;;;+1;/p-1. The molecular weight excluding hydrogens is 1690 g/mol. The molecule has 25 nitrogen and oxygen atoms in total. The number of aryl methyl sites for hydroxylation is 2. The Bertz CT molecular complexity index is 3190. The molecule has 3 N–H and O–H groups in total. The first-order valence-electron chi connectivity index (χ1n) is 44.5. The van der Waals surface area contributed by atoms with E-state index in [0.29, 0.717) is 104 Å². The number of aldehydes is 1. The van der Waals surface area contributed by atoms with Crippen LogP contribution >= 0.6 is 15.9 Å². The van der Waals surface area contributed by atoms with Crippen molar-refractivity contribution in [1.82, 2.24) is 4.98 Å². The maximum atomic E-state index is 12.4. The fourth-order valence-electron chi connectivity index (χ4n) is 13.9. The van der Waals surface area contributed by atoms with E-state index in [4.69, 9.17) is 70.5 Å². The van der Waals surface area contributed by atoms with Gasteiger partial charge < -0.3 is 85.8 Å². The van der Waals surface area contributed by atoms with Crippen LogP contribution in [0, 0.1) is 67.1 Å². The molecule has 10 atom stereocenters. The van der Waals surface area contributed by atoms with Crippen molar-refractivity contribution >= 4 is 68.7 Å². The van der Waals surface area contributed by atoms with Crippen molar-refractivity contribution < 1.29 is 144 Å². The number of oxazole rings is 1. The molecule has 5 saturated carbocycles. The maximum Gasteiger partial charge on any atom is 1.00 e. The molecule has 1 heterocycles. The van der Waals surface area contributed by atoms with Gasteiger partial charge in [-0.15, -0.1) is 0 Å². The predicted octanol–water partition coefficient (Wildman–Crippen LogP) is 17.3. The normalized spacial score (nSPS) is 21.5. The summed E-state index contributed by atoms with van der Waals surface area (Å²) in [5.41, 5.74) is -0.218. The number of nitrogens with zero attached hydrogens (tertiary/aromatic N) is 1. The van der Waals surface area contributed by atoms with Gasteiger partial charge in [0, 0.05) is 39.6 Å². The number of aromatic nitrogens is 1. The second-order valence-electron chi connectivity index (χ2n) is 41.2. The van der Waals surface area contributed by atoms with E-state index >= 15 is 0 Å². The number of alkyl halides is 1. The Morgan fingerprint density at radius 1 is 0.488 bits per heavy atom. The summed E-state index contributed by atoms with van der Waals surface area (Å²) in [5, 5.41) is 19.0. The zero-order valence-electron chi connectivity index (χ0n) is 82.2. The van der Waals surface area contributed by atoms with Crippen LogP contribution in [0.5, 0.6) is 0 Å². The van der Waals surface area contributed by atoms with Crippen LogP contribution in [0.25, 0.3) is 11.5 Å². The Morgan fingerprint density at radius 3 is 1.19 bits per heavy atom. The van der Waals surface area contributed by atoms with Gasteiger partial charge in [0.15, 0.2) is 28.5 Å². The van der Waals surface area contributed by atoms with Gasteiger partial charge in [0.1, 0.15) is 66.0 Å². The van der Waals surface area contributed by atoms with Gasteiger partial charge in [0.25, 0.3) is 0 Å². The molecule has 1 aromatic heterocycles. The molecule has 0 aliphatic heterocycles. The summed E-state index contributed by atoms with van der Waals surface area (Å²) in [6, 6.07) is 7.81. The van der Waals surface area contributed by atoms with Gasteiger partial charge >= 0.3 is 59.4 Å². The van der Waals surface area contributed by atoms with Crippen molar-refractivity contribution in [3.8, 4) is 11.5 Å². The van der Waals surface area contributed by atoms with Crippen LogP contribution < -0.4 is 29.6 Å². The molecule has 5 aliphatic rings. The molecule has 7 rings (SSSR count). The molecule has 712 valence electrons. The SMILES string of the molecule is CC(C)(C)OC(=O)C(C)(C)OCC1CCCC(CO[Si](C)(C)C(C)(C)C)C1.CC(C)(C)OC(=O)CBr.CC(C)(C)OC(=O)COCC1CCCC(CO[Si](C)(C)C(C)(C)C)C1.COC(=O)C1CCCC(CO)C1.COCOCC1CCCC(COCC(=O)OC(C)(C)C)C1.COCOCC1CCCC(O)C1.Cc1ccc(-c2nc(C=O)c(C)o2)cc1.[Na+].[OH-]. The minimum absolute atomic E-state index is 0. The Morgan fingerprint density at radius 2 is 0.846 bits per heavy atom. The van der Waals surface area contributed by atoms with Crippen LogP contribution in [0.15, 0.2) is 28.7 Å². The minimum Gasteiger partial charge on any atom is -0.870 e. The van der Waals surface area contributed by atoms with E-state index in [2.05, 4.69) is 93.4 Å². The van der Waals surface area contributed by atoms with Gasteiger partial charge in [-0.3, -0.25) is 14.4 Å². The van der Waals surface area contributed by atoms with Crippen LogP contribution in [0.3, 0.4) is 0 Å². The van der Waals surface area contributed by atoms with E-state index in [0.717, 1.165) is 103 Å². The molecule has 1 aromatic carbocycles. The summed E-state index contributed by atoms with van der Waals surface area (Å²) in [6.07, 6.45) is 22.8. The number of rotatable bonds is 31. The van der Waals surface area contributed by atoms with E-state index in [-0.39, 0.29) is 118 Å². The third-order valence-electron chi connectivity index (χ3n) is 22.4. The van der Waals surface area contributed by atoms with Crippen molar-refractivity contribution in [2.24, 2.45) is 53.3 Å². The summed E-state index contributed by atoms with van der Waals surface area (Å²) in [6.45, 7) is 58.8. The number of aliphatic hydroxyl groups excluding tert-OH is 2. The Kier molecular flexibility index (Phi) is 60.2. The molecule has 123 heavy (non-hydrogen) atoms. The van der Waals surface area contributed by atoms with Crippen LogP contribution in [0.1, 0.15) is 289 Å². The first-order valence-corrected chi connectivity index (χ1v) is 51.5. The predicted molar refractivity (Wildman–Crippen MR) is 488 cm³/mol. The number of carbonyl (C=O) groups is 6. The van der Waals surface area contributed by atoms with Crippen LogP contribution in [-0.2, 0) is 89.7 Å². The second-order valence-corrected chi connectivity index (χ2v) is 51.4. The average Bonchev–Trinajstić information content (AvgIpc) is 1.54. The number of carbonyl (C=O) groups excluding carboxylic acids is 6. The molecule has 0 amide bonds. The van der Waals surface area contributed by atoms with E-state index in [9.17, 15) is 33.9 Å². The van der Waals surface area contributed by atoms with Crippen LogP contribution in [-0.4, -0.2) is 214 Å². The van der Waals surface area contributed by atoms with Gasteiger partial charge in [-0.1, -0.05) is 107 Å². The van der Waals surface area contributed by atoms with E-state index in [1.54, 1.807) is 21.1 Å². The molecule has 0 saturated heterocycles. The fourth-order valence-corrected chi connectivity index (χ4v) is 16.2. The number of aliphatic hydroxyl groups is 2. The van der Waals surface area contributed by atoms with Crippen LogP contribution in [0.4, 0.5) is 0 Å². The van der Waals surface area contributed by atoms with Crippen molar-refractivity contribution in [3.05, 3.63) is 41.3 Å². The topological polar surface area (TPSA) is 328 Å². The third kappa shape index (κ3) is 56.9. The molecular formula is C94H171BrNNaO24Si2. The molecule has 0 radical (unpaired) electrons. The number of hydrogen-bond acceptors (Lipinski definition) is 25. The zero-order valence-corrected chi connectivity index (χ0v) is 87.8. The molecule has 2 aromatic rings. The Balaban J connectivity index is 0. The quantitative estimate of drug-likeness (QED) is 0.0135. The molecule has 5 fully saturated rings. The van der Waals surface area contributed by atoms with Gasteiger partial charge in [-0.25, -0.2) is 19.4 Å². The molecule has 0 bridgehead atoms. The largest absolute Gasteiger partial charge is 1.00 e. The summed E-state index contributed by atoms with van der Waals surface area (Å²) in [5.74, 6) is 4.06. The van der Waals surface area contributed by atoms with Gasteiger partial charge in [0.2, 0.25) is 5.89 Å². The second kappa shape index (κ2) is 60.8. The first kappa shape index (κ1) is 122. The van der Waals surface area contributed by atoms with Crippen molar-refractivity contribution in [3.63, 3.8) is 0 Å². The Hall–Kier alpha value is -3.12. The van der Waals surface area contributed by atoms with Gasteiger partial charge in [0.05, 0.1) is 52.2 Å².